The lowest BCUT2D eigenvalue weighted by Crippen LogP contribution is -2.07. The molecule has 0 amide bonds. The fraction of sp³-hybridized carbons (Fsp3) is 0.417. The number of ether oxygens (including phenoxy) is 1. The van der Waals surface area contributed by atoms with E-state index in [-0.39, 0.29) is 12.4 Å². The first kappa shape index (κ1) is 13.2. The topological polar surface area (TPSA) is 52.1 Å². The van der Waals surface area contributed by atoms with Crippen LogP contribution in [0.1, 0.15) is 21.8 Å². The van der Waals surface area contributed by atoms with Gasteiger partial charge in [-0.2, -0.15) is 0 Å². The number of carbonyl (C=O) groups is 1. The van der Waals surface area contributed by atoms with E-state index in [4.69, 9.17) is 4.74 Å². The van der Waals surface area contributed by atoms with Crippen LogP contribution in [0.3, 0.4) is 0 Å². The third kappa shape index (κ3) is 2.94. The van der Waals surface area contributed by atoms with Gasteiger partial charge in [-0.3, -0.25) is 4.79 Å². The zero-order valence-corrected chi connectivity index (χ0v) is 12.2. The lowest BCUT2D eigenvalue weighted by molar-refractivity contribution is -0.142. The number of aryl methyl sites for hydroxylation is 2. The van der Waals surface area contributed by atoms with E-state index in [1.54, 1.807) is 18.3 Å². The molecule has 2 rings (SSSR count). The van der Waals surface area contributed by atoms with Crippen LogP contribution >= 0.6 is 22.7 Å². The number of aromatic nitrogens is 2. The second kappa shape index (κ2) is 5.58. The van der Waals surface area contributed by atoms with E-state index in [1.807, 2.05) is 19.2 Å². The van der Waals surface area contributed by atoms with E-state index < -0.39 is 0 Å². The van der Waals surface area contributed by atoms with Crippen molar-refractivity contribution in [1.82, 2.24) is 9.97 Å². The Kier molecular flexibility index (Phi) is 4.08. The molecule has 2 aromatic rings. The van der Waals surface area contributed by atoms with Gasteiger partial charge in [0.25, 0.3) is 0 Å². The summed E-state index contributed by atoms with van der Waals surface area (Å²) in [6, 6.07) is 0. The molecular weight excluding hydrogens is 268 g/mol. The standard InChI is InChI=1S/C12H14N2O2S2/c1-4-16-11(15)5-10-14-9(6-17-10)12-7(2)18-8(3)13-12/h6H,4-5H2,1-3H3. The highest BCUT2D eigenvalue weighted by molar-refractivity contribution is 7.12. The summed E-state index contributed by atoms with van der Waals surface area (Å²) in [6.07, 6.45) is 0.237. The molecule has 0 atom stereocenters. The average molecular weight is 282 g/mol. The molecule has 0 aliphatic carbocycles. The highest BCUT2D eigenvalue weighted by atomic mass is 32.1. The molecule has 2 heterocycles. The summed E-state index contributed by atoms with van der Waals surface area (Å²) in [7, 11) is 0. The van der Waals surface area contributed by atoms with Crippen LogP contribution in [0.2, 0.25) is 0 Å². The van der Waals surface area contributed by atoms with E-state index in [1.165, 1.54) is 11.3 Å². The summed E-state index contributed by atoms with van der Waals surface area (Å²) in [5, 5.41) is 3.74. The van der Waals surface area contributed by atoms with Crippen LogP contribution in [0.4, 0.5) is 0 Å². The Hall–Kier alpha value is -1.27. The predicted octanol–water partition coefficient (Wildman–Crippen LogP) is 2.99. The molecule has 0 fully saturated rings. The molecule has 0 saturated heterocycles. The summed E-state index contributed by atoms with van der Waals surface area (Å²) >= 11 is 3.13. The Bertz CT molecular complexity index is 560. The smallest absolute Gasteiger partial charge is 0.312 e. The van der Waals surface area contributed by atoms with Crippen molar-refractivity contribution in [2.24, 2.45) is 0 Å². The molecule has 6 heteroatoms. The first-order valence-electron chi connectivity index (χ1n) is 5.64. The molecule has 2 aromatic heterocycles. The molecule has 0 aromatic carbocycles. The largest absolute Gasteiger partial charge is 0.466 e. The minimum Gasteiger partial charge on any atom is -0.466 e. The Morgan fingerprint density at radius 2 is 2.17 bits per heavy atom. The minimum atomic E-state index is -0.232. The number of hydrogen-bond acceptors (Lipinski definition) is 6. The molecule has 0 unspecified atom stereocenters. The number of rotatable bonds is 4. The minimum absolute atomic E-state index is 0.232. The van der Waals surface area contributed by atoms with Crippen LogP contribution in [-0.2, 0) is 16.0 Å². The zero-order valence-electron chi connectivity index (χ0n) is 10.5. The second-order valence-electron chi connectivity index (χ2n) is 3.75. The van der Waals surface area contributed by atoms with Crippen molar-refractivity contribution in [3.63, 3.8) is 0 Å². The quantitative estimate of drug-likeness (QED) is 0.809. The molecule has 0 saturated carbocycles. The van der Waals surface area contributed by atoms with Gasteiger partial charge in [-0.25, -0.2) is 9.97 Å². The van der Waals surface area contributed by atoms with Crippen molar-refractivity contribution in [2.45, 2.75) is 27.2 Å². The fourth-order valence-corrected chi connectivity index (χ4v) is 3.19. The van der Waals surface area contributed by atoms with Gasteiger partial charge in [0.05, 0.1) is 18.0 Å². The monoisotopic (exact) mass is 282 g/mol. The molecule has 0 aliphatic rings. The van der Waals surface area contributed by atoms with E-state index in [9.17, 15) is 4.79 Å². The predicted molar refractivity (Wildman–Crippen MR) is 73.0 cm³/mol. The van der Waals surface area contributed by atoms with Crippen LogP contribution in [0.5, 0.6) is 0 Å². The lowest BCUT2D eigenvalue weighted by Gasteiger charge is -1.97. The van der Waals surface area contributed by atoms with Crippen LogP contribution in [-0.4, -0.2) is 22.5 Å². The van der Waals surface area contributed by atoms with Crippen molar-refractivity contribution in [3.05, 3.63) is 20.3 Å². The van der Waals surface area contributed by atoms with Crippen LogP contribution < -0.4 is 0 Å². The lowest BCUT2D eigenvalue weighted by atomic mass is 10.3. The summed E-state index contributed by atoms with van der Waals surface area (Å²) < 4.78 is 4.90. The molecule has 96 valence electrons. The summed E-state index contributed by atoms with van der Waals surface area (Å²) in [6.45, 7) is 6.21. The van der Waals surface area contributed by atoms with Crippen molar-refractivity contribution in [3.8, 4) is 11.4 Å². The number of hydrogen-bond donors (Lipinski definition) is 0. The second-order valence-corrected chi connectivity index (χ2v) is 6.10. The molecule has 18 heavy (non-hydrogen) atoms. The maximum Gasteiger partial charge on any atom is 0.312 e. The van der Waals surface area contributed by atoms with Crippen molar-refractivity contribution < 1.29 is 9.53 Å². The van der Waals surface area contributed by atoms with E-state index in [2.05, 4.69) is 9.97 Å². The molecule has 0 spiro atoms. The summed E-state index contributed by atoms with van der Waals surface area (Å²) in [5.74, 6) is -0.232. The zero-order chi connectivity index (χ0) is 13.1. The Balaban J connectivity index is 2.15. The average Bonchev–Trinajstić information content (AvgIpc) is 2.85. The summed E-state index contributed by atoms with van der Waals surface area (Å²) in [5.41, 5.74) is 1.77. The number of esters is 1. The van der Waals surface area contributed by atoms with E-state index >= 15 is 0 Å². The third-order valence-electron chi connectivity index (χ3n) is 2.30. The molecule has 0 radical (unpaired) electrons. The van der Waals surface area contributed by atoms with Gasteiger partial charge in [-0.1, -0.05) is 0 Å². The maximum absolute atomic E-state index is 11.4. The van der Waals surface area contributed by atoms with Gasteiger partial charge in [0.1, 0.15) is 16.4 Å². The normalized spacial score (nSPS) is 10.6. The van der Waals surface area contributed by atoms with Gasteiger partial charge >= 0.3 is 5.97 Å². The van der Waals surface area contributed by atoms with Crippen LogP contribution in [0, 0.1) is 13.8 Å². The summed E-state index contributed by atoms with van der Waals surface area (Å²) in [4.78, 5) is 21.4. The van der Waals surface area contributed by atoms with Crippen molar-refractivity contribution in [1.29, 1.82) is 0 Å². The first-order chi connectivity index (χ1) is 8.60. The van der Waals surface area contributed by atoms with Crippen molar-refractivity contribution in [2.75, 3.05) is 6.61 Å². The Labute approximate surface area is 114 Å². The fourth-order valence-electron chi connectivity index (χ4n) is 1.60. The Morgan fingerprint density at radius 1 is 1.39 bits per heavy atom. The molecule has 0 N–H and O–H groups in total. The molecular formula is C12H14N2O2S2. The van der Waals surface area contributed by atoms with Gasteiger partial charge in [-0.05, 0) is 20.8 Å². The third-order valence-corrected chi connectivity index (χ3v) is 4.03. The number of carbonyl (C=O) groups excluding carboxylic acids is 1. The van der Waals surface area contributed by atoms with Gasteiger partial charge in [0, 0.05) is 10.3 Å². The Morgan fingerprint density at radius 3 is 2.78 bits per heavy atom. The highest BCUT2D eigenvalue weighted by Crippen LogP contribution is 2.28. The van der Waals surface area contributed by atoms with Crippen LogP contribution in [0.25, 0.3) is 11.4 Å². The number of thiazole rings is 2. The van der Waals surface area contributed by atoms with E-state index in [0.717, 1.165) is 26.3 Å². The van der Waals surface area contributed by atoms with Gasteiger partial charge in [-0.15, -0.1) is 22.7 Å². The van der Waals surface area contributed by atoms with Crippen LogP contribution in [0.15, 0.2) is 5.38 Å². The van der Waals surface area contributed by atoms with Gasteiger partial charge in [0.15, 0.2) is 0 Å². The van der Waals surface area contributed by atoms with Crippen molar-refractivity contribution >= 4 is 28.6 Å². The molecule has 0 bridgehead atoms. The highest BCUT2D eigenvalue weighted by Gasteiger charge is 2.13. The molecule has 4 nitrogen and oxygen atoms in total. The number of nitrogens with zero attached hydrogens (tertiary/aromatic N) is 2. The van der Waals surface area contributed by atoms with E-state index in [0.29, 0.717) is 6.61 Å². The first-order valence-corrected chi connectivity index (χ1v) is 7.34. The maximum atomic E-state index is 11.4. The molecule has 0 aliphatic heterocycles. The SMILES string of the molecule is CCOC(=O)Cc1nc(-c2nc(C)sc2C)cs1. The van der Waals surface area contributed by atoms with Gasteiger partial charge < -0.3 is 4.74 Å². The van der Waals surface area contributed by atoms with Gasteiger partial charge in [0.2, 0.25) is 0 Å².